The zero-order chi connectivity index (χ0) is 24.2. The van der Waals surface area contributed by atoms with E-state index in [2.05, 4.69) is 74.2 Å². The lowest BCUT2D eigenvalue weighted by atomic mass is 9.87. The monoisotopic (exact) mass is 713 g/mol. The fourth-order valence-electron chi connectivity index (χ4n) is 3.39. The van der Waals surface area contributed by atoms with E-state index in [1.165, 1.54) is 7.11 Å². The van der Waals surface area contributed by atoms with Crippen molar-refractivity contribution in [2.75, 3.05) is 26.8 Å². The molecule has 0 saturated carbocycles. The summed E-state index contributed by atoms with van der Waals surface area (Å²) in [7, 11) is 1.50. The van der Waals surface area contributed by atoms with Crippen molar-refractivity contribution in [2.45, 2.75) is 31.0 Å². The van der Waals surface area contributed by atoms with E-state index in [4.69, 9.17) is 20.0 Å². The van der Waals surface area contributed by atoms with Crippen molar-refractivity contribution in [2.24, 2.45) is 10.9 Å². The number of aliphatic hydroxyl groups is 1. The van der Waals surface area contributed by atoms with Crippen LogP contribution in [0.25, 0.3) is 0 Å². The molecule has 180 valence electrons. The Kier molecular flexibility index (Phi) is 9.44. The predicted molar refractivity (Wildman–Crippen MR) is 140 cm³/mol. The van der Waals surface area contributed by atoms with Gasteiger partial charge in [-0.3, -0.25) is 4.79 Å². The zero-order valence-electron chi connectivity index (χ0n) is 17.7. The number of carbonyl (C=O) groups excluding carboxylic acids is 1. The maximum Gasteiger partial charge on any atom is 0.269 e. The number of benzene rings is 1. The standard InChI is InChI=1S/C21H23Br4N3O5/c1-31-18-14(24)9-21(19(29)16(18)25)10-15(28-33-21)20(30)27-5-3-11-7-12(22)17(13(23)8-11)32-6-2-4-26/h7-9,19,29H,2-6,10,26H2,1H3,(H,27,30). The number of nitrogens with zero attached hydrogens (tertiary/aromatic N) is 1. The second-order valence-electron chi connectivity index (χ2n) is 7.42. The molecule has 1 heterocycles. The predicted octanol–water partition coefficient (Wildman–Crippen LogP) is 4.02. The Labute approximate surface area is 225 Å². The first kappa shape index (κ1) is 26.7. The largest absolute Gasteiger partial charge is 0.495 e. The number of hydrogen-bond donors (Lipinski definition) is 3. The highest BCUT2D eigenvalue weighted by molar-refractivity contribution is 9.12. The maximum atomic E-state index is 12.7. The van der Waals surface area contributed by atoms with Gasteiger partial charge in [-0.2, -0.15) is 0 Å². The van der Waals surface area contributed by atoms with Crippen molar-refractivity contribution < 1.29 is 24.2 Å². The highest BCUT2D eigenvalue weighted by Gasteiger charge is 2.50. The Morgan fingerprint density at radius 1 is 1.33 bits per heavy atom. The number of nitrogens with two attached hydrogens (primary N) is 1. The summed E-state index contributed by atoms with van der Waals surface area (Å²) in [6.45, 7) is 1.50. The van der Waals surface area contributed by atoms with Crippen molar-refractivity contribution in [1.82, 2.24) is 5.32 Å². The Bertz CT molecular complexity index is 991. The normalized spacial score (nSPS) is 22.1. The lowest BCUT2D eigenvalue weighted by Crippen LogP contribution is -2.45. The van der Waals surface area contributed by atoms with Gasteiger partial charge in [-0.25, -0.2) is 0 Å². The molecule has 2 aliphatic rings. The van der Waals surface area contributed by atoms with Gasteiger partial charge in [0.25, 0.3) is 5.91 Å². The minimum atomic E-state index is -1.18. The van der Waals surface area contributed by atoms with E-state index in [9.17, 15) is 9.90 Å². The molecule has 1 amide bonds. The number of amides is 1. The number of carbonyl (C=O) groups is 1. The maximum absolute atomic E-state index is 12.7. The van der Waals surface area contributed by atoms with Gasteiger partial charge in [-0.1, -0.05) is 5.16 Å². The van der Waals surface area contributed by atoms with E-state index in [0.717, 1.165) is 26.7 Å². The van der Waals surface area contributed by atoms with Crippen LogP contribution in [0.2, 0.25) is 0 Å². The molecule has 2 atom stereocenters. The molecule has 2 unspecified atom stereocenters. The van der Waals surface area contributed by atoms with E-state index in [1.54, 1.807) is 6.08 Å². The molecule has 3 rings (SSSR count). The molecule has 12 heteroatoms. The van der Waals surface area contributed by atoms with Gasteiger partial charge < -0.3 is 30.5 Å². The first-order valence-corrected chi connectivity index (χ1v) is 13.2. The van der Waals surface area contributed by atoms with Crippen molar-refractivity contribution in [3.8, 4) is 5.75 Å². The van der Waals surface area contributed by atoms with Crippen LogP contribution in [0.4, 0.5) is 0 Å². The van der Waals surface area contributed by atoms with Crippen LogP contribution in [0.1, 0.15) is 18.4 Å². The summed E-state index contributed by atoms with van der Waals surface area (Å²) >= 11 is 13.8. The minimum Gasteiger partial charge on any atom is -0.495 e. The lowest BCUT2D eigenvalue weighted by Gasteiger charge is -2.33. The first-order chi connectivity index (χ1) is 15.7. The third-order valence-corrected chi connectivity index (χ3v) is 7.66. The Morgan fingerprint density at radius 3 is 2.67 bits per heavy atom. The van der Waals surface area contributed by atoms with Crippen LogP contribution >= 0.6 is 63.7 Å². The van der Waals surface area contributed by atoms with Gasteiger partial charge in [0.05, 0.1) is 31.6 Å². The van der Waals surface area contributed by atoms with Crippen LogP contribution in [0.3, 0.4) is 0 Å². The van der Waals surface area contributed by atoms with Gasteiger partial charge in [-0.15, -0.1) is 0 Å². The molecule has 0 saturated heterocycles. The molecule has 1 aromatic rings. The number of allylic oxidation sites excluding steroid dienone is 1. The van der Waals surface area contributed by atoms with E-state index in [0.29, 0.717) is 40.8 Å². The average Bonchev–Trinajstić information content (AvgIpc) is 3.19. The molecule has 0 aromatic heterocycles. The van der Waals surface area contributed by atoms with E-state index in [1.807, 2.05) is 12.1 Å². The van der Waals surface area contributed by atoms with Crippen LogP contribution in [-0.2, 0) is 20.8 Å². The zero-order valence-corrected chi connectivity index (χ0v) is 24.0. The Morgan fingerprint density at radius 2 is 2.03 bits per heavy atom. The number of oxime groups is 1. The number of hydrogen-bond acceptors (Lipinski definition) is 7. The minimum absolute atomic E-state index is 0.118. The topological polar surface area (TPSA) is 115 Å². The second kappa shape index (κ2) is 11.7. The fourth-order valence-corrected chi connectivity index (χ4v) is 6.70. The number of ether oxygens (including phenoxy) is 2. The van der Waals surface area contributed by atoms with E-state index >= 15 is 0 Å². The number of aliphatic hydroxyl groups excluding tert-OH is 1. The second-order valence-corrected chi connectivity index (χ2v) is 10.8. The highest BCUT2D eigenvalue weighted by Crippen LogP contribution is 2.44. The highest BCUT2D eigenvalue weighted by atomic mass is 79.9. The van der Waals surface area contributed by atoms with E-state index in [-0.39, 0.29) is 18.0 Å². The molecule has 1 aromatic carbocycles. The Balaban J connectivity index is 1.56. The molecule has 0 bridgehead atoms. The van der Waals surface area contributed by atoms with Gasteiger partial charge in [-0.05, 0) is 107 Å². The molecule has 0 radical (unpaired) electrons. The molecule has 1 aliphatic heterocycles. The summed E-state index contributed by atoms with van der Waals surface area (Å²) in [5.41, 5.74) is 5.55. The third kappa shape index (κ3) is 6.02. The molecular formula is C21H23Br4N3O5. The molecule has 8 nitrogen and oxygen atoms in total. The summed E-state index contributed by atoms with van der Waals surface area (Å²) in [6.07, 6.45) is 2.09. The van der Waals surface area contributed by atoms with Crippen LogP contribution in [0.5, 0.6) is 5.75 Å². The quantitative estimate of drug-likeness (QED) is 0.333. The summed E-state index contributed by atoms with van der Waals surface area (Å²) in [5, 5.41) is 17.5. The SMILES string of the molecule is COC1=C(Br)C(O)C2(C=C1Br)CC(C(=O)NCCc1cc(Br)c(OCCCN)c(Br)c1)=NO2. The smallest absolute Gasteiger partial charge is 0.269 e. The van der Waals surface area contributed by atoms with Gasteiger partial charge in [0, 0.05) is 13.0 Å². The van der Waals surface area contributed by atoms with E-state index < -0.39 is 11.7 Å². The number of rotatable bonds is 9. The molecule has 1 spiro atoms. The third-order valence-electron chi connectivity index (χ3n) is 5.10. The van der Waals surface area contributed by atoms with Crippen molar-refractivity contribution >= 4 is 75.3 Å². The molecule has 4 N–H and O–H groups in total. The number of methoxy groups -OCH3 is 1. The number of halogens is 4. The Hall–Kier alpha value is -0.920. The summed E-state index contributed by atoms with van der Waals surface area (Å²) < 4.78 is 13.7. The average molecular weight is 717 g/mol. The lowest BCUT2D eigenvalue weighted by molar-refractivity contribution is -0.114. The van der Waals surface area contributed by atoms with Gasteiger partial charge >= 0.3 is 0 Å². The van der Waals surface area contributed by atoms with Crippen molar-refractivity contribution in [1.29, 1.82) is 0 Å². The van der Waals surface area contributed by atoms with Crippen LogP contribution in [0, 0.1) is 0 Å². The van der Waals surface area contributed by atoms with Crippen molar-refractivity contribution in [3.63, 3.8) is 0 Å². The van der Waals surface area contributed by atoms with Crippen LogP contribution < -0.4 is 15.8 Å². The summed E-state index contributed by atoms with van der Waals surface area (Å²) in [5.74, 6) is 0.838. The van der Waals surface area contributed by atoms with Gasteiger partial charge in [0.15, 0.2) is 5.60 Å². The van der Waals surface area contributed by atoms with Gasteiger partial charge in [0.2, 0.25) is 0 Å². The molecule has 1 aliphatic carbocycles. The summed E-state index contributed by atoms with van der Waals surface area (Å²) in [6, 6.07) is 3.91. The van der Waals surface area contributed by atoms with Gasteiger partial charge in [0.1, 0.15) is 23.3 Å². The fraction of sp³-hybridized carbons (Fsp3) is 0.429. The van der Waals surface area contributed by atoms with Crippen LogP contribution in [-0.4, -0.2) is 55.2 Å². The first-order valence-electron chi connectivity index (χ1n) is 10.1. The van der Waals surface area contributed by atoms with Crippen molar-refractivity contribution in [3.05, 3.63) is 47.4 Å². The molecular weight excluding hydrogens is 694 g/mol. The number of nitrogens with one attached hydrogen (secondary N) is 1. The molecule has 33 heavy (non-hydrogen) atoms. The molecule has 0 fully saturated rings. The van der Waals surface area contributed by atoms with Crippen LogP contribution in [0.15, 0.2) is 47.0 Å². The summed E-state index contributed by atoms with van der Waals surface area (Å²) in [4.78, 5) is 18.2.